The summed E-state index contributed by atoms with van der Waals surface area (Å²) in [5.41, 5.74) is 0.299. The van der Waals surface area contributed by atoms with Crippen LogP contribution in [0.1, 0.15) is 30.5 Å². The van der Waals surface area contributed by atoms with Crippen LogP contribution in [0.25, 0.3) is 0 Å². The van der Waals surface area contributed by atoms with Crippen LogP contribution in [0, 0.1) is 12.8 Å². The molecule has 3 amide bonds. The van der Waals surface area contributed by atoms with Crippen LogP contribution in [0.5, 0.6) is 0 Å². The third kappa shape index (κ3) is 3.82. The average Bonchev–Trinajstić information content (AvgIpc) is 3.15. The molecule has 9 heteroatoms. The number of thiazole rings is 1. The maximum Gasteiger partial charge on any atom is 0.322 e. The van der Waals surface area contributed by atoms with Gasteiger partial charge in [0.2, 0.25) is 0 Å². The summed E-state index contributed by atoms with van der Waals surface area (Å²) in [4.78, 5) is 34.6. The van der Waals surface area contributed by atoms with Crippen LogP contribution in [0.3, 0.4) is 0 Å². The van der Waals surface area contributed by atoms with Crippen molar-refractivity contribution in [3.05, 3.63) is 16.1 Å². The van der Waals surface area contributed by atoms with Gasteiger partial charge in [0.15, 0.2) is 5.96 Å². The summed E-state index contributed by atoms with van der Waals surface area (Å²) < 4.78 is 0. The second kappa shape index (κ2) is 7.61. The zero-order valence-electron chi connectivity index (χ0n) is 15.5. The first-order valence-electron chi connectivity index (χ1n) is 8.92. The Morgan fingerprint density at radius 1 is 1.46 bits per heavy atom. The molecule has 0 radical (unpaired) electrons. The lowest BCUT2D eigenvalue weighted by Gasteiger charge is -2.39. The third-order valence-corrected chi connectivity index (χ3v) is 6.05. The zero-order valence-corrected chi connectivity index (χ0v) is 16.3. The highest BCUT2D eigenvalue weighted by atomic mass is 32.1. The van der Waals surface area contributed by atoms with Crippen molar-refractivity contribution in [2.45, 2.75) is 38.6 Å². The Bertz CT molecular complexity index is 710. The number of nitrogens with zero attached hydrogens (tertiary/aromatic N) is 3. The monoisotopic (exact) mass is 378 g/mol. The number of amides is 3. The topological polar surface area (TPSA) is 98.7 Å². The van der Waals surface area contributed by atoms with Crippen LogP contribution in [0.2, 0.25) is 0 Å². The van der Waals surface area contributed by atoms with E-state index in [1.165, 1.54) is 0 Å². The van der Waals surface area contributed by atoms with Crippen molar-refractivity contribution in [2.24, 2.45) is 10.9 Å². The van der Waals surface area contributed by atoms with Gasteiger partial charge in [0.25, 0.3) is 5.91 Å². The summed E-state index contributed by atoms with van der Waals surface area (Å²) in [5, 5.41) is 11.7. The van der Waals surface area contributed by atoms with Crippen molar-refractivity contribution in [2.75, 3.05) is 26.7 Å². The number of nitrogens with one attached hydrogen (secondary N) is 3. The van der Waals surface area contributed by atoms with E-state index < -0.39 is 11.6 Å². The summed E-state index contributed by atoms with van der Waals surface area (Å²) in [6, 6.07) is -0.394. The quantitative estimate of drug-likeness (QED) is 0.410. The van der Waals surface area contributed by atoms with Crippen LogP contribution in [0.4, 0.5) is 4.79 Å². The fourth-order valence-corrected chi connectivity index (χ4v) is 4.32. The molecule has 1 aromatic heterocycles. The molecule has 3 N–H and O–H groups in total. The van der Waals surface area contributed by atoms with E-state index in [1.54, 1.807) is 18.4 Å². The Hall–Kier alpha value is -2.16. The van der Waals surface area contributed by atoms with Crippen molar-refractivity contribution in [1.29, 1.82) is 0 Å². The fraction of sp³-hybridized carbons (Fsp3) is 0.647. The molecule has 142 valence electrons. The molecule has 3 rings (SSSR count). The summed E-state index contributed by atoms with van der Waals surface area (Å²) in [6.45, 7) is 6.22. The van der Waals surface area contributed by atoms with Gasteiger partial charge >= 0.3 is 6.03 Å². The Balaban J connectivity index is 1.50. The number of carbonyl (C=O) groups excluding carboxylic acids is 2. The van der Waals surface area contributed by atoms with Crippen LogP contribution >= 0.6 is 11.3 Å². The van der Waals surface area contributed by atoms with Crippen LogP contribution in [-0.2, 0) is 11.2 Å². The lowest BCUT2D eigenvalue weighted by Crippen LogP contribution is -2.55. The number of piperidine rings is 1. The molecule has 2 fully saturated rings. The first kappa shape index (κ1) is 18.6. The molecule has 0 bridgehead atoms. The number of imide groups is 1. The molecule has 0 saturated carbocycles. The minimum absolute atomic E-state index is 0.126. The van der Waals surface area contributed by atoms with Crippen molar-refractivity contribution in [3.63, 3.8) is 0 Å². The first-order valence-corrected chi connectivity index (χ1v) is 9.80. The van der Waals surface area contributed by atoms with Crippen LogP contribution in [-0.4, -0.2) is 60.0 Å². The van der Waals surface area contributed by atoms with E-state index in [2.05, 4.69) is 36.2 Å². The van der Waals surface area contributed by atoms with Gasteiger partial charge in [0, 0.05) is 38.5 Å². The average molecular weight is 379 g/mol. The zero-order chi connectivity index (χ0) is 18.7. The maximum absolute atomic E-state index is 12.1. The van der Waals surface area contributed by atoms with E-state index in [4.69, 9.17) is 0 Å². The predicted octanol–water partition coefficient (Wildman–Crippen LogP) is 0.880. The molecule has 1 aromatic rings. The van der Waals surface area contributed by atoms with E-state index in [9.17, 15) is 9.59 Å². The van der Waals surface area contributed by atoms with Gasteiger partial charge in [-0.1, -0.05) is 0 Å². The van der Waals surface area contributed by atoms with Crippen LogP contribution in [0.15, 0.2) is 10.4 Å². The summed E-state index contributed by atoms with van der Waals surface area (Å²) in [5.74, 6) is 0.781. The summed E-state index contributed by atoms with van der Waals surface area (Å²) in [6.07, 6.45) is 2.52. The molecule has 2 aliphatic rings. The van der Waals surface area contributed by atoms with E-state index in [0.29, 0.717) is 0 Å². The Morgan fingerprint density at radius 3 is 2.73 bits per heavy atom. The number of aromatic nitrogens is 1. The Kier molecular flexibility index (Phi) is 5.45. The number of aliphatic imine (C=N–C) groups is 1. The third-order valence-electron chi connectivity index (χ3n) is 5.23. The lowest BCUT2D eigenvalue weighted by molar-refractivity contribution is -0.125. The van der Waals surface area contributed by atoms with E-state index in [0.717, 1.165) is 55.6 Å². The predicted molar refractivity (Wildman–Crippen MR) is 101 cm³/mol. The van der Waals surface area contributed by atoms with Crippen molar-refractivity contribution < 1.29 is 9.59 Å². The highest BCUT2D eigenvalue weighted by molar-refractivity contribution is 7.09. The van der Waals surface area contributed by atoms with Gasteiger partial charge in [-0.2, -0.15) is 0 Å². The minimum Gasteiger partial charge on any atom is -0.356 e. The Labute approximate surface area is 157 Å². The van der Waals surface area contributed by atoms with Gasteiger partial charge in [0.1, 0.15) is 5.54 Å². The Morgan fingerprint density at radius 2 is 2.19 bits per heavy atom. The maximum atomic E-state index is 12.1. The molecule has 0 aromatic carbocycles. The number of guanidine groups is 1. The second-order valence-corrected chi connectivity index (χ2v) is 8.02. The second-order valence-electron chi connectivity index (χ2n) is 6.95. The number of carbonyl (C=O) groups is 2. The number of aryl methyl sites for hydroxylation is 1. The number of rotatable bonds is 4. The number of urea groups is 1. The van der Waals surface area contributed by atoms with E-state index in [-0.39, 0.29) is 11.8 Å². The molecule has 0 spiro atoms. The SMILES string of the molecule is CN=C(NCCc1csc(C)n1)N1CCC(C2(C)NC(=O)NC2=O)CC1. The molecule has 8 nitrogen and oxygen atoms in total. The molecular formula is C17H26N6O2S. The van der Waals surface area contributed by atoms with E-state index in [1.807, 2.05) is 13.8 Å². The molecule has 1 unspecified atom stereocenters. The molecule has 2 saturated heterocycles. The highest BCUT2D eigenvalue weighted by Crippen LogP contribution is 2.30. The van der Waals surface area contributed by atoms with Gasteiger partial charge in [-0.25, -0.2) is 9.78 Å². The summed E-state index contributed by atoms with van der Waals surface area (Å²) in [7, 11) is 1.79. The number of likely N-dealkylation sites (tertiary alicyclic amines) is 1. The van der Waals surface area contributed by atoms with Crippen molar-refractivity contribution in [1.82, 2.24) is 25.8 Å². The van der Waals surface area contributed by atoms with Gasteiger partial charge in [-0.15, -0.1) is 11.3 Å². The largest absolute Gasteiger partial charge is 0.356 e. The smallest absolute Gasteiger partial charge is 0.322 e. The molecule has 1 atom stereocenters. The van der Waals surface area contributed by atoms with Gasteiger partial charge in [0.05, 0.1) is 10.7 Å². The highest BCUT2D eigenvalue weighted by Gasteiger charge is 2.48. The minimum atomic E-state index is -0.803. The van der Waals surface area contributed by atoms with Gasteiger partial charge in [-0.05, 0) is 32.6 Å². The molecule has 26 heavy (non-hydrogen) atoms. The molecule has 0 aliphatic carbocycles. The van der Waals surface area contributed by atoms with Crippen LogP contribution < -0.4 is 16.0 Å². The van der Waals surface area contributed by atoms with Crippen molar-refractivity contribution >= 4 is 29.2 Å². The van der Waals surface area contributed by atoms with Gasteiger partial charge in [-0.3, -0.25) is 15.1 Å². The van der Waals surface area contributed by atoms with Gasteiger partial charge < -0.3 is 15.5 Å². The normalized spacial score (nSPS) is 24.6. The number of hydrogen-bond donors (Lipinski definition) is 3. The summed E-state index contributed by atoms with van der Waals surface area (Å²) >= 11 is 1.67. The number of hydrogen-bond acceptors (Lipinski definition) is 5. The van der Waals surface area contributed by atoms with E-state index >= 15 is 0 Å². The van der Waals surface area contributed by atoms with Crippen molar-refractivity contribution in [3.8, 4) is 0 Å². The first-order chi connectivity index (χ1) is 12.4. The lowest BCUT2D eigenvalue weighted by atomic mass is 9.79. The fourth-order valence-electron chi connectivity index (χ4n) is 3.67. The molecule has 2 aliphatic heterocycles. The molecule has 3 heterocycles. The standard InChI is InChI=1S/C17H26N6O2S/c1-11-20-13(10-26-11)4-7-19-15(18-3)23-8-5-12(6-9-23)17(2)14(24)21-16(25)22-17/h10,12H,4-9H2,1-3H3,(H,18,19)(H2,21,22,24,25). The molecular weight excluding hydrogens is 352 g/mol.